The SMILES string of the molecule is CN(C)C1(C)CCC2CC1C2(C)C. The lowest BCUT2D eigenvalue weighted by Gasteiger charge is -2.66. The quantitative estimate of drug-likeness (QED) is 0.601. The Balaban J connectivity index is 2.24. The molecule has 0 aromatic rings. The van der Waals surface area contributed by atoms with Gasteiger partial charge in [-0.15, -0.1) is 0 Å². The van der Waals surface area contributed by atoms with E-state index in [0.29, 0.717) is 11.0 Å². The van der Waals surface area contributed by atoms with Crippen molar-refractivity contribution in [2.45, 2.75) is 45.6 Å². The number of rotatable bonds is 1. The number of hydrogen-bond acceptors (Lipinski definition) is 1. The van der Waals surface area contributed by atoms with E-state index in [4.69, 9.17) is 0 Å². The van der Waals surface area contributed by atoms with Crippen LogP contribution in [0.4, 0.5) is 0 Å². The van der Waals surface area contributed by atoms with Gasteiger partial charge in [-0.05, 0) is 57.5 Å². The fourth-order valence-corrected chi connectivity index (χ4v) is 3.74. The molecule has 3 atom stereocenters. The van der Waals surface area contributed by atoms with Crippen molar-refractivity contribution in [2.24, 2.45) is 17.3 Å². The molecule has 0 aromatic heterocycles. The van der Waals surface area contributed by atoms with Gasteiger partial charge < -0.3 is 4.90 Å². The van der Waals surface area contributed by atoms with Gasteiger partial charge in [0.15, 0.2) is 0 Å². The molecule has 3 rings (SSSR count). The highest BCUT2D eigenvalue weighted by atomic mass is 15.2. The summed E-state index contributed by atoms with van der Waals surface area (Å²) in [4.78, 5) is 2.45. The van der Waals surface area contributed by atoms with Crippen LogP contribution in [-0.2, 0) is 0 Å². The molecule has 1 nitrogen and oxygen atoms in total. The molecule has 13 heavy (non-hydrogen) atoms. The molecule has 0 N–H and O–H groups in total. The third-order valence-corrected chi connectivity index (χ3v) is 5.24. The topological polar surface area (TPSA) is 3.24 Å². The van der Waals surface area contributed by atoms with Gasteiger partial charge in [-0.25, -0.2) is 0 Å². The van der Waals surface area contributed by atoms with Crippen molar-refractivity contribution in [1.29, 1.82) is 0 Å². The van der Waals surface area contributed by atoms with Crippen LogP contribution in [0.25, 0.3) is 0 Å². The first-order valence-corrected chi connectivity index (χ1v) is 5.56. The van der Waals surface area contributed by atoms with Crippen LogP contribution in [0.2, 0.25) is 0 Å². The van der Waals surface area contributed by atoms with Crippen LogP contribution in [-0.4, -0.2) is 24.5 Å². The summed E-state index contributed by atoms with van der Waals surface area (Å²) in [5, 5.41) is 0. The maximum atomic E-state index is 2.47. The zero-order valence-electron chi connectivity index (χ0n) is 9.72. The largest absolute Gasteiger partial charge is 0.304 e. The zero-order chi connectivity index (χ0) is 9.85. The van der Waals surface area contributed by atoms with Crippen LogP contribution in [0.3, 0.4) is 0 Å². The normalized spacial score (nSPS) is 47.5. The van der Waals surface area contributed by atoms with E-state index >= 15 is 0 Å². The Kier molecular flexibility index (Phi) is 1.83. The molecule has 0 amide bonds. The molecule has 1 heteroatoms. The summed E-state index contributed by atoms with van der Waals surface area (Å²) in [6.45, 7) is 7.38. The van der Waals surface area contributed by atoms with Crippen molar-refractivity contribution in [3.8, 4) is 0 Å². The van der Waals surface area contributed by atoms with Gasteiger partial charge in [0, 0.05) is 5.54 Å². The Labute approximate surface area is 82.5 Å². The fourth-order valence-electron chi connectivity index (χ4n) is 3.74. The molecule has 0 saturated heterocycles. The third kappa shape index (κ3) is 1.03. The van der Waals surface area contributed by atoms with E-state index < -0.39 is 0 Å². The van der Waals surface area contributed by atoms with E-state index in [2.05, 4.69) is 39.8 Å². The molecule has 0 radical (unpaired) electrons. The summed E-state index contributed by atoms with van der Waals surface area (Å²) in [6.07, 6.45) is 4.32. The van der Waals surface area contributed by atoms with E-state index in [9.17, 15) is 0 Å². The highest BCUT2D eigenvalue weighted by Gasteiger charge is 2.59. The lowest BCUT2D eigenvalue weighted by molar-refractivity contribution is -0.155. The average Bonchev–Trinajstić information content (AvgIpc) is 2.03. The second-order valence-electron chi connectivity index (χ2n) is 6.10. The molecule has 0 aliphatic heterocycles. The third-order valence-electron chi connectivity index (χ3n) is 5.24. The van der Waals surface area contributed by atoms with Gasteiger partial charge >= 0.3 is 0 Å². The van der Waals surface area contributed by atoms with Crippen molar-refractivity contribution in [1.82, 2.24) is 4.90 Å². The molecule has 3 fully saturated rings. The van der Waals surface area contributed by atoms with Crippen LogP contribution >= 0.6 is 0 Å². The van der Waals surface area contributed by atoms with E-state index in [1.165, 1.54) is 19.3 Å². The standard InChI is InChI=1S/C12H23N/c1-11(2)9-6-7-12(3,13(4)5)10(11)8-9/h9-10H,6-8H2,1-5H3. The van der Waals surface area contributed by atoms with E-state index in [0.717, 1.165) is 11.8 Å². The van der Waals surface area contributed by atoms with Crippen molar-refractivity contribution < 1.29 is 0 Å². The number of fused-ring (bicyclic) bond motifs is 2. The minimum atomic E-state index is 0.470. The molecule has 3 unspecified atom stereocenters. The summed E-state index contributed by atoms with van der Waals surface area (Å²) in [5.41, 5.74) is 1.08. The summed E-state index contributed by atoms with van der Waals surface area (Å²) >= 11 is 0. The number of hydrogen-bond donors (Lipinski definition) is 0. The minimum Gasteiger partial charge on any atom is -0.304 e. The molecular formula is C12H23N. The van der Waals surface area contributed by atoms with Crippen LogP contribution in [0.1, 0.15) is 40.0 Å². The van der Waals surface area contributed by atoms with Crippen LogP contribution in [0.5, 0.6) is 0 Å². The first-order chi connectivity index (χ1) is 5.89. The summed E-state index contributed by atoms with van der Waals surface area (Å²) < 4.78 is 0. The predicted molar refractivity (Wildman–Crippen MR) is 56.7 cm³/mol. The Morgan fingerprint density at radius 1 is 1.15 bits per heavy atom. The molecular weight excluding hydrogens is 158 g/mol. The minimum absolute atomic E-state index is 0.470. The molecule has 3 aliphatic carbocycles. The first kappa shape index (κ1) is 9.51. The van der Waals surface area contributed by atoms with Crippen molar-refractivity contribution >= 4 is 0 Å². The van der Waals surface area contributed by atoms with Gasteiger partial charge in [-0.1, -0.05) is 13.8 Å². The summed E-state index contributed by atoms with van der Waals surface area (Å²) in [6, 6.07) is 0. The van der Waals surface area contributed by atoms with Gasteiger partial charge in [0.2, 0.25) is 0 Å². The Hall–Kier alpha value is -0.0400. The van der Waals surface area contributed by atoms with E-state index in [1.807, 2.05) is 0 Å². The molecule has 76 valence electrons. The molecule has 0 aromatic carbocycles. The zero-order valence-corrected chi connectivity index (χ0v) is 9.72. The second kappa shape index (κ2) is 2.50. The lowest BCUT2D eigenvalue weighted by atomic mass is 9.43. The second-order valence-corrected chi connectivity index (χ2v) is 6.10. The Morgan fingerprint density at radius 2 is 1.77 bits per heavy atom. The van der Waals surface area contributed by atoms with Gasteiger partial charge in [-0.3, -0.25) is 0 Å². The van der Waals surface area contributed by atoms with Gasteiger partial charge in [0.25, 0.3) is 0 Å². The van der Waals surface area contributed by atoms with Crippen molar-refractivity contribution in [2.75, 3.05) is 14.1 Å². The van der Waals surface area contributed by atoms with Crippen molar-refractivity contribution in [3.05, 3.63) is 0 Å². The maximum Gasteiger partial charge on any atom is 0.0208 e. The van der Waals surface area contributed by atoms with Gasteiger partial charge in [0.1, 0.15) is 0 Å². The number of nitrogens with zero attached hydrogens (tertiary/aromatic N) is 1. The Morgan fingerprint density at radius 3 is 2.08 bits per heavy atom. The maximum absolute atomic E-state index is 2.47. The Bertz CT molecular complexity index is 217. The van der Waals surface area contributed by atoms with Gasteiger partial charge in [0.05, 0.1) is 0 Å². The van der Waals surface area contributed by atoms with Crippen LogP contribution in [0, 0.1) is 17.3 Å². The molecule has 0 heterocycles. The summed E-state index contributed by atoms with van der Waals surface area (Å²) in [5.74, 6) is 1.94. The first-order valence-electron chi connectivity index (χ1n) is 5.56. The molecule has 3 aliphatic rings. The highest BCUT2D eigenvalue weighted by molar-refractivity contribution is 5.11. The van der Waals surface area contributed by atoms with Gasteiger partial charge in [-0.2, -0.15) is 0 Å². The highest BCUT2D eigenvalue weighted by Crippen LogP contribution is 2.63. The summed E-state index contributed by atoms with van der Waals surface area (Å²) in [7, 11) is 4.49. The van der Waals surface area contributed by atoms with Crippen molar-refractivity contribution in [3.63, 3.8) is 0 Å². The smallest absolute Gasteiger partial charge is 0.0208 e. The van der Waals surface area contributed by atoms with Crippen LogP contribution in [0.15, 0.2) is 0 Å². The monoisotopic (exact) mass is 181 g/mol. The lowest BCUT2D eigenvalue weighted by Crippen LogP contribution is -2.65. The fraction of sp³-hybridized carbons (Fsp3) is 1.00. The molecule has 2 bridgehead atoms. The molecule has 0 spiro atoms. The average molecular weight is 181 g/mol. The molecule has 3 saturated carbocycles. The van der Waals surface area contributed by atoms with E-state index in [-0.39, 0.29) is 0 Å². The predicted octanol–water partition coefficient (Wildman–Crippen LogP) is 2.76. The van der Waals surface area contributed by atoms with E-state index in [1.54, 1.807) is 0 Å². The van der Waals surface area contributed by atoms with Crippen LogP contribution < -0.4 is 0 Å².